The molecule has 4 heteroatoms. The van der Waals surface area contributed by atoms with Crippen LogP contribution in [0.25, 0.3) is 0 Å². The SMILES string of the molecule is CC(C)c1ccc(C(=O)c2cccc(OC(F)F)c2)cc1. The normalized spacial score (nSPS) is 11.0. The number of halogens is 2. The van der Waals surface area contributed by atoms with Gasteiger partial charge in [0.25, 0.3) is 0 Å². The Hall–Kier alpha value is -2.23. The summed E-state index contributed by atoms with van der Waals surface area (Å²) in [6, 6.07) is 13.1. The average Bonchev–Trinajstić information content (AvgIpc) is 2.46. The van der Waals surface area contributed by atoms with Gasteiger partial charge in [-0.05, 0) is 23.6 Å². The van der Waals surface area contributed by atoms with Crippen LogP contribution in [-0.2, 0) is 0 Å². The Labute approximate surface area is 122 Å². The summed E-state index contributed by atoms with van der Waals surface area (Å²) in [5, 5.41) is 0. The molecule has 0 bridgehead atoms. The summed E-state index contributed by atoms with van der Waals surface area (Å²) in [6.07, 6.45) is 0. The van der Waals surface area contributed by atoms with Crippen LogP contribution < -0.4 is 4.74 Å². The Morgan fingerprint density at radius 3 is 2.24 bits per heavy atom. The van der Waals surface area contributed by atoms with Gasteiger partial charge in [0.1, 0.15) is 5.75 Å². The molecule has 21 heavy (non-hydrogen) atoms. The van der Waals surface area contributed by atoms with Crippen molar-refractivity contribution in [3.05, 3.63) is 65.2 Å². The van der Waals surface area contributed by atoms with E-state index < -0.39 is 6.61 Å². The summed E-state index contributed by atoms with van der Waals surface area (Å²) in [5.74, 6) is 0.150. The lowest BCUT2D eigenvalue weighted by Gasteiger charge is -2.08. The second kappa shape index (κ2) is 6.48. The van der Waals surface area contributed by atoms with Crippen LogP contribution in [-0.4, -0.2) is 12.4 Å². The third kappa shape index (κ3) is 3.88. The summed E-state index contributed by atoms with van der Waals surface area (Å²) >= 11 is 0. The van der Waals surface area contributed by atoms with Crippen LogP contribution in [0.3, 0.4) is 0 Å². The largest absolute Gasteiger partial charge is 0.435 e. The average molecular weight is 290 g/mol. The Morgan fingerprint density at radius 1 is 1.00 bits per heavy atom. The molecule has 0 N–H and O–H groups in total. The molecule has 2 rings (SSSR count). The molecule has 0 saturated heterocycles. The van der Waals surface area contributed by atoms with Gasteiger partial charge < -0.3 is 4.74 Å². The maximum absolute atomic E-state index is 12.3. The second-order valence-corrected chi connectivity index (χ2v) is 5.01. The van der Waals surface area contributed by atoms with Crippen LogP contribution in [0.15, 0.2) is 48.5 Å². The molecule has 2 aromatic rings. The van der Waals surface area contributed by atoms with E-state index in [1.807, 2.05) is 12.1 Å². The number of benzene rings is 2. The fraction of sp³-hybridized carbons (Fsp3) is 0.235. The number of rotatable bonds is 5. The first-order valence-electron chi connectivity index (χ1n) is 6.67. The lowest BCUT2D eigenvalue weighted by molar-refractivity contribution is -0.0498. The Kier molecular flexibility index (Phi) is 4.68. The third-order valence-corrected chi connectivity index (χ3v) is 3.16. The molecule has 0 saturated carbocycles. The standard InChI is InChI=1S/C17H16F2O2/c1-11(2)12-6-8-13(9-7-12)16(20)14-4-3-5-15(10-14)21-17(18)19/h3-11,17H,1-2H3. The van der Waals surface area contributed by atoms with Crippen molar-refractivity contribution in [2.24, 2.45) is 0 Å². The van der Waals surface area contributed by atoms with Crippen LogP contribution in [0.5, 0.6) is 5.75 Å². The van der Waals surface area contributed by atoms with Gasteiger partial charge in [-0.2, -0.15) is 8.78 Å². The summed E-state index contributed by atoms with van der Waals surface area (Å²) < 4.78 is 28.7. The molecule has 0 unspecified atom stereocenters. The molecule has 2 nitrogen and oxygen atoms in total. The van der Waals surface area contributed by atoms with Crippen LogP contribution in [0, 0.1) is 0 Å². The molecule has 0 aliphatic rings. The predicted molar refractivity (Wildman–Crippen MR) is 77.0 cm³/mol. The maximum atomic E-state index is 12.3. The lowest BCUT2D eigenvalue weighted by Crippen LogP contribution is -2.05. The molecule has 0 amide bonds. The number of carbonyl (C=O) groups is 1. The number of alkyl halides is 2. The number of hydrogen-bond donors (Lipinski definition) is 0. The second-order valence-electron chi connectivity index (χ2n) is 5.01. The molecule has 110 valence electrons. The van der Waals surface area contributed by atoms with Crippen LogP contribution in [0.4, 0.5) is 8.78 Å². The first-order valence-corrected chi connectivity index (χ1v) is 6.67. The zero-order valence-electron chi connectivity index (χ0n) is 11.8. The minimum Gasteiger partial charge on any atom is -0.435 e. The zero-order valence-corrected chi connectivity index (χ0v) is 11.8. The molecule has 0 radical (unpaired) electrons. The van der Waals surface area contributed by atoms with Crippen LogP contribution in [0.2, 0.25) is 0 Å². The fourth-order valence-electron chi connectivity index (χ4n) is 2.00. The minimum absolute atomic E-state index is 0.0188. The highest BCUT2D eigenvalue weighted by molar-refractivity contribution is 6.09. The van der Waals surface area contributed by atoms with Gasteiger partial charge in [-0.3, -0.25) is 4.79 Å². The van der Waals surface area contributed by atoms with Crippen molar-refractivity contribution in [3.63, 3.8) is 0 Å². The molecule has 0 heterocycles. The van der Waals surface area contributed by atoms with Crippen molar-refractivity contribution < 1.29 is 18.3 Å². The van der Waals surface area contributed by atoms with E-state index in [0.717, 1.165) is 5.56 Å². The predicted octanol–water partition coefficient (Wildman–Crippen LogP) is 4.64. The number of hydrogen-bond acceptors (Lipinski definition) is 2. The molecule has 0 aliphatic carbocycles. The van der Waals surface area contributed by atoms with Crippen molar-refractivity contribution in [2.45, 2.75) is 26.4 Å². The van der Waals surface area contributed by atoms with Crippen molar-refractivity contribution in [2.75, 3.05) is 0 Å². The van der Waals surface area contributed by atoms with Crippen molar-refractivity contribution >= 4 is 5.78 Å². The minimum atomic E-state index is -2.90. The molecule has 0 fully saturated rings. The van der Waals surface area contributed by atoms with Crippen molar-refractivity contribution in [1.29, 1.82) is 0 Å². The fourth-order valence-corrected chi connectivity index (χ4v) is 2.00. The third-order valence-electron chi connectivity index (χ3n) is 3.16. The Balaban J connectivity index is 2.23. The number of ether oxygens (including phenoxy) is 1. The summed E-state index contributed by atoms with van der Waals surface area (Å²) in [6.45, 7) is 1.24. The topological polar surface area (TPSA) is 26.3 Å². The monoisotopic (exact) mass is 290 g/mol. The molecule has 2 aromatic carbocycles. The van der Waals surface area contributed by atoms with Crippen molar-refractivity contribution in [1.82, 2.24) is 0 Å². The quantitative estimate of drug-likeness (QED) is 0.750. The molecule has 0 aliphatic heterocycles. The van der Waals surface area contributed by atoms with Gasteiger partial charge in [0.15, 0.2) is 5.78 Å². The molecule has 0 atom stereocenters. The number of carbonyl (C=O) groups excluding carboxylic acids is 1. The first-order chi connectivity index (χ1) is 9.97. The summed E-state index contributed by atoms with van der Waals surface area (Å²) in [4.78, 5) is 12.3. The smallest absolute Gasteiger partial charge is 0.387 e. The lowest BCUT2D eigenvalue weighted by atomic mass is 9.98. The van der Waals surface area contributed by atoms with E-state index in [9.17, 15) is 13.6 Å². The van der Waals surface area contributed by atoms with Gasteiger partial charge in [-0.1, -0.05) is 50.2 Å². The van der Waals surface area contributed by atoms with E-state index in [1.165, 1.54) is 18.2 Å². The maximum Gasteiger partial charge on any atom is 0.387 e. The summed E-state index contributed by atoms with van der Waals surface area (Å²) in [5.41, 5.74) is 1.99. The van der Waals surface area contributed by atoms with E-state index in [4.69, 9.17) is 0 Å². The van der Waals surface area contributed by atoms with E-state index in [1.54, 1.807) is 18.2 Å². The van der Waals surface area contributed by atoms with Crippen LogP contribution >= 0.6 is 0 Å². The highest BCUT2D eigenvalue weighted by Crippen LogP contribution is 2.20. The summed E-state index contributed by atoms with van der Waals surface area (Å²) in [7, 11) is 0. The van der Waals surface area contributed by atoms with Gasteiger partial charge in [0.05, 0.1) is 0 Å². The molecule has 0 spiro atoms. The van der Waals surface area contributed by atoms with Gasteiger partial charge in [0, 0.05) is 11.1 Å². The van der Waals surface area contributed by atoms with Gasteiger partial charge >= 0.3 is 6.61 Å². The van der Waals surface area contributed by atoms with Gasteiger partial charge in [-0.25, -0.2) is 0 Å². The van der Waals surface area contributed by atoms with E-state index in [-0.39, 0.29) is 11.5 Å². The first kappa shape index (κ1) is 15.2. The van der Waals surface area contributed by atoms with Gasteiger partial charge in [-0.15, -0.1) is 0 Å². The Bertz CT molecular complexity index is 619. The van der Waals surface area contributed by atoms with E-state index >= 15 is 0 Å². The Morgan fingerprint density at radius 2 is 1.67 bits per heavy atom. The van der Waals surface area contributed by atoms with E-state index in [0.29, 0.717) is 17.0 Å². The van der Waals surface area contributed by atoms with Gasteiger partial charge in [0.2, 0.25) is 0 Å². The van der Waals surface area contributed by atoms with E-state index in [2.05, 4.69) is 18.6 Å². The zero-order chi connectivity index (χ0) is 15.4. The number of ketones is 1. The molecular formula is C17H16F2O2. The highest BCUT2D eigenvalue weighted by atomic mass is 19.3. The van der Waals surface area contributed by atoms with Crippen molar-refractivity contribution in [3.8, 4) is 5.75 Å². The highest BCUT2D eigenvalue weighted by Gasteiger charge is 2.12. The molecular weight excluding hydrogens is 274 g/mol. The molecule has 0 aromatic heterocycles. The van der Waals surface area contributed by atoms with Crippen LogP contribution in [0.1, 0.15) is 41.3 Å².